The lowest BCUT2D eigenvalue weighted by atomic mass is 10.1. The van der Waals surface area contributed by atoms with Gasteiger partial charge in [-0.1, -0.05) is 0 Å². The van der Waals surface area contributed by atoms with E-state index in [1.807, 2.05) is 19.1 Å². The normalized spacial score (nSPS) is 16.8. The molecule has 3 aromatic rings. The second-order valence-electron chi connectivity index (χ2n) is 7.29. The van der Waals surface area contributed by atoms with Gasteiger partial charge >= 0.3 is 5.97 Å². The molecule has 0 radical (unpaired) electrons. The number of nitrogens with zero attached hydrogens (tertiary/aromatic N) is 3. The molecule has 1 aliphatic heterocycles. The number of carbonyl (C=O) groups excluding carboxylic acids is 1. The number of carbonyl (C=O) groups is 1. The molecule has 0 bridgehead atoms. The third kappa shape index (κ3) is 3.24. The summed E-state index contributed by atoms with van der Waals surface area (Å²) in [4.78, 5) is 18.8. The molecule has 0 saturated heterocycles. The molecule has 6 heteroatoms. The van der Waals surface area contributed by atoms with Crippen LogP contribution in [0.4, 0.5) is 0 Å². The van der Waals surface area contributed by atoms with Crippen LogP contribution in [0.25, 0.3) is 11.5 Å². The summed E-state index contributed by atoms with van der Waals surface area (Å²) in [6.45, 7) is 9.09. The van der Waals surface area contributed by atoms with Crippen LogP contribution in [0.2, 0.25) is 0 Å². The van der Waals surface area contributed by atoms with Crippen LogP contribution >= 0.6 is 0 Å². The molecule has 2 aromatic heterocycles. The lowest BCUT2D eigenvalue weighted by Crippen LogP contribution is -2.36. The smallest absolute Gasteiger partial charge is 0.337 e. The molecule has 3 heterocycles. The van der Waals surface area contributed by atoms with Crippen LogP contribution in [-0.2, 0) is 17.8 Å². The summed E-state index contributed by atoms with van der Waals surface area (Å²) in [5.41, 5.74) is 4.98. The van der Waals surface area contributed by atoms with Crippen LogP contribution in [-0.4, -0.2) is 34.1 Å². The van der Waals surface area contributed by atoms with Crippen molar-refractivity contribution in [3.8, 4) is 11.5 Å². The minimum atomic E-state index is -0.352. The number of ether oxygens (including phenoxy) is 1. The minimum Gasteiger partial charge on any atom is -0.465 e. The molecular formula is C22H25N3O3. The van der Waals surface area contributed by atoms with Gasteiger partial charge in [-0.05, 0) is 57.2 Å². The molecule has 0 aliphatic carbocycles. The SMILES string of the molecule is COC(=O)c1ccc(-c2nc(CN3CCn4c(C)ccc4[C@@H]3C)c(C)o2)cc1. The summed E-state index contributed by atoms with van der Waals surface area (Å²) in [7, 11) is 1.37. The van der Waals surface area contributed by atoms with E-state index in [4.69, 9.17) is 14.1 Å². The molecule has 0 saturated carbocycles. The molecule has 0 unspecified atom stereocenters. The van der Waals surface area contributed by atoms with E-state index in [-0.39, 0.29) is 5.97 Å². The quantitative estimate of drug-likeness (QED) is 0.638. The molecule has 0 N–H and O–H groups in total. The van der Waals surface area contributed by atoms with Crippen LogP contribution in [0.3, 0.4) is 0 Å². The second-order valence-corrected chi connectivity index (χ2v) is 7.29. The number of oxazole rings is 1. The number of esters is 1. The van der Waals surface area contributed by atoms with E-state index in [1.54, 1.807) is 12.1 Å². The summed E-state index contributed by atoms with van der Waals surface area (Å²) in [5.74, 6) is 1.05. The number of aromatic nitrogens is 2. The van der Waals surface area contributed by atoms with Gasteiger partial charge in [0, 0.05) is 42.6 Å². The monoisotopic (exact) mass is 379 g/mol. The molecule has 6 nitrogen and oxygen atoms in total. The zero-order chi connectivity index (χ0) is 19.8. The lowest BCUT2D eigenvalue weighted by Gasteiger charge is -2.35. The fourth-order valence-electron chi connectivity index (χ4n) is 3.84. The summed E-state index contributed by atoms with van der Waals surface area (Å²) in [6.07, 6.45) is 0. The molecule has 0 fully saturated rings. The Morgan fingerprint density at radius 3 is 2.64 bits per heavy atom. The van der Waals surface area contributed by atoms with Crippen molar-refractivity contribution in [1.29, 1.82) is 0 Å². The first kappa shape index (κ1) is 18.5. The predicted octanol–water partition coefficient (Wildman–Crippen LogP) is 4.12. The number of benzene rings is 1. The Morgan fingerprint density at radius 2 is 1.93 bits per heavy atom. The maximum Gasteiger partial charge on any atom is 0.337 e. The summed E-state index contributed by atoms with van der Waals surface area (Å²) >= 11 is 0. The molecule has 4 rings (SSSR count). The van der Waals surface area contributed by atoms with Crippen LogP contribution in [0, 0.1) is 13.8 Å². The van der Waals surface area contributed by atoms with Crippen molar-refractivity contribution in [3.05, 3.63) is 64.8 Å². The van der Waals surface area contributed by atoms with Crippen LogP contribution in [0.15, 0.2) is 40.8 Å². The molecule has 1 atom stereocenters. The van der Waals surface area contributed by atoms with Crippen molar-refractivity contribution in [1.82, 2.24) is 14.5 Å². The van der Waals surface area contributed by atoms with Crippen LogP contribution < -0.4 is 0 Å². The van der Waals surface area contributed by atoms with Crippen LogP contribution in [0.1, 0.15) is 46.2 Å². The first-order valence-electron chi connectivity index (χ1n) is 9.53. The highest BCUT2D eigenvalue weighted by Gasteiger charge is 2.26. The molecule has 0 amide bonds. The van der Waals surface area contributed by atoms with Gasteiger partial charge in [0.05, 0.1) is 18.4 Å². The average Bonchev–Trinajstić information content (AvgIpc) is 3.27. The number of hydrogen-bond acceptors (Lipinski definition) is 5. The highest BCUT2D eigenvalue weighted by molar-refractivity contribution is 5.89. The molecule has 146 valence electrons. The van der Waals surface area contributed by atoms with E-state index in [0.717, 1.165) is 36.7 Å². The zero-order valence-electron chi connectivity index (χ0n) is 16.7. The Kier molecular flexibility index (Phi) is 4.81. The molecule has 1 aliphatic rings. The van der Waals surface area contributed by atoms with E-state index in [1.165, 1.54) is 18.5 Å². The van der Waals surface area contributed by atoms with Gasteiger partial charge in [-0.2, -0.15) is 0 Å². The fraction of sp³-hybridized carbons (Fsp3) is 0.364. The minimum absolute atomic E-state index is 0.335. The van der Waals surface area contributed by atoms with Crippen molar-refractivity contribution >= 4 is 5.97 Å². The Bertz CT molecular complexity index is 1000. The molecule has 28 heavy (non-hydrogen) atoms. The summed E-state index contributed by atoms with van der Waals surface area (Å²) in [5, 5.41) is 0. The maximum absolute atomic E-state index is 11.6. The average molecular weight is 379 g/mol. The van der Waals surface area contributed by atoms with Gasteiger partial charge in [0.25, 0.3) is 0 Å². The Balaban J connectivity index is 1.53. The van der Waals surface area contributed by atoms with Gasteiger partial charge in [-0.15, -0.1) is 0 Å². The van der Waals surface area contributed by atoms with Gasteiger partial charge in [-0.3, -0.25) is 4.90 Å². The third-order valence-electron chi connectivity index (χ3n) is 5.62. The topological polar surface area (TPSA) is 60.5 Å². The third-order valence-corrected chi connectivity index (χ3v) is 5.62. The number of hydrogen-bond donors (Lipinski definition) is 0. The van der Waals surface area contributed by atoms with Crippen molar-refractivity contribution < 1.29 is 13.9 Å². The van der Waals surface area contributed by atoms with Gasteiger partial charge < -0.3 is 13.7 Å². The van der Waals surface area contributed by atoms with Gasteiger partial charge in [0.2, 0.25) is 5.89 Å². The Morgan fingerprint density at radius 1 is 1.18 bits per heavy atom. The van der Waals surface area contributed by atoms with E-state index in [2.05, 4.69) is 35.4 Å². The van der Waals surface area contributed by atoms with Crippen molar-refractivity contribution in [3.63, 3.8) is 0 Å². The number of rotatable bonds is 4. The second kappa shape index (κ2) is 7.28. The largest absolute Gasteiger partial charge is 0.465 e. The predicted molar refractivity (Wildman–Crippen MR) is 106 cm³/mol. The molecule has 1 aromatic carbocycles. The van der Waals surface area contributed by atoms with Gasteiger partial charge in [0.1, 0.15) is 5.76 Å². The number of methoxy groups -OCH3 is 1. The first-order valence-corrected chi connectivity index (χ1v) is 9.53. The number of aryl methyl sites for hydroxylation is 2. The summed E-state index contributed by atoms with van der Waals surface area (Å²) < 4.78 is 13.1. The number of fused-ring (bicyclic) bond motifs is 1. The standard InChI is InChI=1S/C22H25N3O3/c1-14-5-10-20-15(2)24(11-12-25(14)20)13-19-16(3)28-21(23-19)17-6-8-18(9-7-17)22(26)27-4/h5-10,15H,11-13H2,1-4H3/t15-/m0/s1. The fourth-order valence-corrected chi connectivity index (χ4v) is 3.84. The van der Waals surface area contributed by atoms with Gasteiger partial charge in [0.15, 0.2) is 0 Å². The van der Waals surface area contributed by atoms with Crippen molar-refractivity contribution in [2.75, 3.05) is 13.7 Å². The highest BCUT2D eigenvalue weighted by atomic mass is 16.5. The van der Waals surface area contributed by atoms with E-state index < -0.39 is 0 Å². The molecule has 0 spiro atoms. The van der Waals surface area contributed by atoms with E-state index >= 15 is 0 Å². The van der Waals surface area contributed by atoms with E-state index in [9.17, 15) is 4.79 Å². The Hall–Kier alpha value is -2.86. The van der Waals surface area contributed by atoms with Crippen LogP contribution in [0.5, 0.6) is 0 Å². The van der Waals surface area contributed by atoms with E-state index in [0.29, 0.717) is 17.5 Å². The lowest BCUT2D eigenvalue weighted by molar-refractivity contribution is 0.0600. The van der Waals surface area contributed by atoms with Crippen molar-refractivity contribution in [2.24, 2.45) is 0 Å². The highest BCUT2D eigenvalue weighted by Crippen LogP contribution is 2.30. The zero-order valence-corrected chi connectivity index (χ0v) is 16.7. The molecular weight excluding hydrogens is 354 g/mol. The van der Waals surface area contributed by atoms with Crippen molar-refractivity contribution in [2.45, 2.75) is 39.9 Å². The van der Waals surface area contributed by atoms with Gasteiger partial charge in [-0.25, -0.2) is 9.78 Å². The maximum atomic E-state index is 11.6. The Labute approximate surface area is 164 Å². The first-order chi connectivity index (χ1) is 13.5. The summed E-state index contributed by atoms with van der Waals surface area (Å²) in [6, 6.07) is 11.9.